The Balaban J connectivity index is 1.79. The van der Waals surface area contributed by atoms with E-state index in [4.69, 9.17) is 10.3 Å². The van der Waals surface area contributed by atoms with Crippen LogP contribution in [0, 0.1) is 12.8 Å². The fourth-order valence-electron chi connectivity index (χ4n) is 2.75. The van der Waals surface area contributed by atoms with Gasteiger partial charge in [-0.1, -0.05) is 24.4 Å². The summed E-state index contributed by atoms with van der Waals surface area (Å²) in [5, 5.41) is 3.99. The molecule has 0 aromatic carbocycles. The molecule has 1 aliphatic carbocycles. The first-order valence-electron chi connectivity index (χ1n) is 7.13. The highest BCUT2D eigenvalue weighted by Gasteiger charge is 2.26. The fraction of sp³-hybridized carbons (Fsp3) is 0.571. The van der Waals surface area contributed by atoms with Crippen molar-refractivity contribution in [2.45, 2.75) is 45.1 Å². The number of nitrogens with zero attached hydrogens (tertiary/aromatic N) is 4. The van der Waals surface area contributed by atoms with E-state index in [-0.39, 0.29) is 6.04 Å². The van der Waals surface area contributed by atoms with Crippen LogP contribution < -0.4 is 5.73 Å². The Labute approximate surface area is 117 Å². The van der Waals surface area contributed by atoms with E-state index in [1.54, 1.807) is 12.3 Å². The third-order valence-electron chi connectivity index (χ3n) is 3.89. The quantitative estimate of drug-likeness (QED) is 0.923. The number of hydrogen-bond donors (Lipinski definition) is 1. The van der Waals surface area contributed by atoms with Crippen molar-refractivity contribution in [2.75, 3.05) is 0 Å². The van der Waals surface area contributed by atoms with Crippen molar-refractivity contribution in [3.05, 3.63) is 24.0 Å². The molecular formula is C14H19N5O. The van der Waals surface area contributed by atoms with Gasteiger partial charge >= 0.3 is 0 Å². The van der Waals surface area contributed by atoms with Gasteiger partial charge in [0, 0.05) is 6.20 Å². The maximum atomic E-state index is 6.26. The van der Waals surface area contributed by atoms with Gasteiger partial charge in [0.05, 0.1) is 6.04 Å². The molecule has 1 fully saturated rings. The topological polar surface area (TPSA) is 90.7 Å². The molecule has 0 bridgehead atoms. The van der Waals surface area contributed by atoms with Gasteiger partial charge in [-0.15, -0.1) is 0 Å². The van der Waals surface area contributed by atoms with Crippen LogP contribution in [0.25, 0.3) is 11.5 Å². The molecule has 6 nitrogen and oxygen atoms in total. The Hall–Kier alpha value is -1.82. The summed E-state index contributed by atoms with van der Waals surface area (Å²) in [6.45, 7) is 1.83. The highest BCUT2D eigenvalue weighted by molar-refractivity contribution is 5.47. The van der Waals surface area contributed by atoms with E-state index in [1.807, 2.05) is 6.92 Å². The lowest BCUT2D eigenvalue weighted by molar-refractivity contribution is 0.255. The lowest BCUT2D eigenvalue weighted by Crippen LogP contribution is -2.23. The van der Waals surface area contributed by atoms with Gasteiger partial charge in [0.25, 0.3) is 0 Å². The van der Waals surface area contributed by atoms with Crippen molar-refractivity contribution in [3.8, 4) is 11.5 Å². The summed E-state index contributed by atoms with van der Waals surface area (Å²) in [6.07, 6.45) is 7.76. The second-order valence-corrected chi connectivity index (χ2v) is 5.37. The van der Waals surface area contributed by atoms with Crippen molar-refractivity contribution in [1.82, 2.24) is 20.1 Å². The minimum atomic E-state index is -0.167. The molecule has 1 unspecified atom stereocenters. The maximum Gasteiger partial charge on any atom is 0.244 e. The van der Waals surface area contributed by atoms with Crippen LogP contribution in [0.4, 0.5) is 0 Å². The lowest BCUT2D eigenvalue weighted by atomic mass is 9.84. The van der Waals surface area contributed by atoms with Gasteiger partial charge in [-0.3, -0.25) is 0 Å². The number of aromatic nitrogens is 4. The van der Waals surface area contributed by atoms with Crippen molar-refractivity contribution >= 4 is 0 Å². The zero-order valence-electron chi connectivity index (χ0n) is 11.6. The van der Waals surface area contributed by atoms with Crippen LogP contribution in [0.2, 0.25) is 0 Å². The monoisotopic (exact) mass is 273 g/mol. The molecule has 2 N–H and O–H groups in total. The summed E-state index contributed by atoms with van der Waals surface area (Å²) in [5.41, 5.74) is 6.93. The Morgan fingerprint density at radius 2 is 2.05 bits per heavy atom. The number of rotatable bonds is 3. The zero-order valence-corrected chi connectivity index (χ0v) is 11.6. The van der Waals surface area contributed by atoms with Crippen molar-refractivity contribution in [1.29, 1.82) is 0 Å². The van der Waals surface area contributed by atoms with Crippen LogP contribution in [0.5, 0.6) is 0 Å². The van der Waals surface area contributed by atoms with Crippen LogP contribution in [0.15, 0.2) is 16.8 Å². The highest BCUT2D eigenvalue weighted by Crippen LogP contribution is 2.32. The van der Waals surface area contributed by atoms with E-state index in [1.165, 1.54) is 19.3 Å². The van der Waals surface area contributed by atoms with Crippen LogP contribution in [0.1, 0.15) is 49.9 Å². The van der Waals surface area contributed by atoms with Crippen molar-refractivity contribution in [3.63, 3.8) is 0 Å². The molecule has 2 aromatic rings. The van der Waals surface area contributed by atoms with E-state index in [0.29, 0.717) is 29.2 Å². The molecule has 106 valence electrons. The predicted octanol–water partition coefficient (Wildman–Crippen LogP) is 2.42. The van der Waals surface area contributed by atoms with Gasteiger partial charge in [0.2, 0.25) is 11.7 Å². The highest BCUT2D eigenvalue weighted by atomic mass is 16.5. The molecule has 0 amide bonds. The average Bonchev–Trinajstić information content (AvgIpc) is 2.97. The van der Waals surface area contributed by atoms with E-state index >= 15 is 0 Å². The van der Waals surface area contributed by atoms with Crippen LogP contribution in [0.3, 0.4) is 0 Å². The predicted molar refractivity (Wildman–Crippen MR) is 73.6 cm³/mol. The summed E-state index contributed by atoms with van der Waals surface area (Å²) in [7, 11) is 0. The summed E-state index contributed by atoms with van der Waals surface area (Å²) in [5.74, 6) is 2.13. The first-order chi connectivity index (χ1) is 9.74. The lowest BCUT2D eigenvalue weighted by Gasteiger charge is -2.24. The van der Waals surface area contributed by atoms with Crippen LogP contribution in [-0.4, -0.2) is 20.1 Å². The summed E-state index contributed by atoms with van der Waals surface area (Å²) in [6, 6.07) is 1.60. The second kappa shape index (κ2) is 5.66. The molecule has 2 heterocycles. The summed E-state index contributed by atoms with van der Waals surface area (Å²) < 4.78 is 5.33. The third kappa shape index (κ3) is 2.70. The zero-order chi connectivity index (χ0) is 13.9. The Kier molecular flexibility index (Phi) is 3.73. The van der Waals surface area contributed by atoms with E-state index in [0.717, 1.165) is 12.8 Å². The maximum absolute atomic E-state index is 6.26. The minimum absolute atomic E-state index is 0.167. The van der Waals surface area contributed by atoms with Gasteiger partial charge in [-0.2, -0.15) is 4.98 Å². The Morgan fingerprint density at radius 1 is 1.25 bits per heavy atom. The van der Waals surface area contributed by atoms with Crippen molar-refractivity contribution < 1.29 is 4.52 Å². The molecule has 6 heteroatoms. The van der Waals surface area contributed by atoms with Crippen molar-refractivity contribution in [2.24, 2.45) is 11.7 Å². The molecule has 1 aliphatic rings. The molecule has 0 radical (unpaired) electrons. The van der Waals surface area contributed by atoms with Gasteiger partial charge in [0.15, 0.2) is 0 Å². The van der Waals surface area contributed by atoms with Gasteiger partial charge in [0.1, 0.15) is 11.5 Å². The number of nitrogens with two attached hydrogens (primary N) is 1. The molecule has 1 atom stereocenters. The molecule has 2 aromatic heterocycles. The molecule has 1 saturated carbocycles. The van der Waals surface area contributed by atoms with Gasteiger partial charge < -0.3 is 10.3 Å². The molecule has 3 rings (SSSR count). The molecule has 20 heavy (non-hydrogen) atoms. The normalized spacial score (nSPS) is 18.1. The van der Waals surface area contributed by atoms with Crippen LogP contribution in [-0.2, 0) is 0 Å². The van der Waals surface area contributed by atoms with Gasteiger partial charge in [-0.25, -0.2) is 9.97 Å². The molecule has 0 spiro atoms. The smallest absolute Gasteiger partial charge is 0.244 e. The standard InChI is InChI=1S/C14H19N5O/c1-9-16-8-7-11(17-9)13-18-14(20-19-13)12(15)10-5-3-2-4-6-10/h7-8,10,12H,2-6,15H2,1H3. The fourth-order valence-corrected chi connectivity index (χ4v) is 2.75. The Morgan fingerprint density at radius 3 is 2.80 bits per heavy atom. The third-order valence-corrected chi connectivity index (χ3v) is 3.89. The Bertz CT molecular complexity index is 576. The summed E-state index contributed by atoms with van der Waals surface area (Å²) in [4.78, 5) is 12.8. The SMILES string of the molecule is Cc1nccc(-c2noc(C(N)C3CCCCC3)n2)n1. The average molecular weight is 273 g/mol. The first kappa shape index (κ1) is 13.2. The van der Waals surface area contributed by atoms with E-state index < -0.39 is 0 Å². The number of aryl methyl sites for hydroxylation is 1. The van der Waals surface area contributed by atoms with E-state index in [2.05, 4.69) is 20.1 Å². The molecule has 0 saturated heterocycles. The largest absolute Gasteiger partial charge is 0.337 e. The van der Waals surface area contributed by atoms with Crippen LogP contribution >= 0.6 is 0 Å². The summed E-state index contributed by atoms with van der Waals surface area (Å²) >= 11 is 0. The van der Waals surface area contributed by atoms with E-state index in [9.17, 15) is 0 Å². The van der Waals surface area contributed by atoms with Gasteiger partial charge in [-0.05, 0) is 31.7 Å². The minimum Gasteiger partial charge on any atom is -0.337 e. The second-order valence-electron chi connectivity index (χ2n) is 5.37. The molecular weight excluding hydrogens is 254 g/mol. The molecule has 0 aliphatic heterocycles. The number of hydrogen-bond acceptors (Lipinski definition) is 6. The first-order valence-corrected chi connectivity index (χ1v) is 7.13.